The van der Waals surface area contributed by atoms with E-state index >= 15 is 0 Å². The van der Waals surface area contributed by atoms with Crippen LogP contribution in [0.2, 0.25) is 0 Å². The van der Waals surface area contributed by atoms with E-state index in [9.17, 15) is 0 Å². The molecule has 0 amide bonds. The summed E-state index contributed by atoms with van der Waals surface area (Å²) in [7, 11) is 1.69. The van der Waals surface area contributed by atoms with Crippen molar-refractivity contribution in [3.63, 3.8) is 0 Å². The second kappa shape index (κ2) is 6.68. The lowest BCUT2D eigenvalue weighted by atomic mass is 10.0. The number of hydrogen-bond acceptors (Lipinski definition) is 4. The van der Waals surface area contributed by atoms with Crippen LogP contribution in [0.25, 0.3) is 11.1 Å². The van der Waals surface area contributed by atoms with E-state index < -0.39 is 0 Å². The van der Waals surface area contributed by atoms with Crippen molar-refractivity contribution in [1.82, 2.24) is 0 Å². The molecule has 0 aromatic heterocycles. The molecule has 4 heteroatoms. The number of hydrogen-bond donors (Lipinski definition) is 1. The van der Waals surface area contributed by atoms with Gasteiger partial charge in [0.05, 0.1) is 12.8 Å². The summed E-state index contributed by atoms with van der Waals surface area (Å²) in [6.45, 7) is 0.899. The lowest BCUT2D eigenvalue weighted by Gasteiger charge is -2.16. The van der Waals surface area contributed by atoms with Gasteiger partial charge in [-0.2, -0.15) is 0 Å². The molecule has 1 heterocycles. The number of nitrogens with zero attached hydrogens (tertiary/aromatic N) is 1. The van der Waals surface area contributed by atoms with Gasteiger partial charge in [0.2, 0.25) is 0 Å². The normalized spacial score (nSPS) is 14.4. The molecule has 3 nitrogen and oxygen atoms in total. The van der Waals surface area contributed by atoms with Gasteiger partial charge in [0.1, 0.15) is 5.75 Å². The van der Waals surface area contributed by atoms with Gasteiger partial charge >= 0.3 is 0 Å². The second-order valence-corrected chi connectivity index (χ2v) is 5.88. The average molecular weight is 298 g/mol. The highest BCUT2D eigenvalue weighted by molar-refractivity contribution is 8.14. The van der Waals surface area contributed by atoms with Crippen molar-refractivity contribution in [2.24, 2.45) is 4.99 Å². The molecule has 0 unspecified atom stereocenters. The van der Waals surface area contributed by atoms with Gasteiger partial charge in [0.15, 0.2) is 5.17 Å². The maximum atomic E-state index is 5.45. The summed E-state index contributed by atoms with van der Waals surface area (Å²) < 4.78 is 5.45. The second-order valence-electron chi connectivity index (χ2n) is 4.79. The van der Waals surface area contributed by atoms with Gasteiger partial charge in [-0.3, -0.25) is 4.99 Å². The molecule has 0 spiro atoms. The van der Waals surface area contributed by atoms with Crippen LogP contribution in [0.5, 0.6) is 5.75 Å². The zero-order chi connectivity index (χ0) is 14.5. The predicted molar refractivity (Wildman–Crippen MR) is 91.4 cm³/mol. The van der Waals surface area contributed by atoms with Crippen molar-refractivity contribution in [3.05, 3.63) is 48.5 Å². The van der Waals surface area contributed by atoms with E-state index in [1.807, 2.05) is 24.3 Å². The summed E-state index contributed by atoms with van der Waals surface area (Å²) in [5.74, 6) is 1.95. The monoisotopic (exact) mass is 298 g/mol. The van der Waals surface area contributed by atoms with E-state index in [2.05, 4.69) is 34.6 Å². The van der Waals surface area contributed by atoms with E-state index in [4.69, 9.17) is 4.74 Å². The molecule has 0 aliphatic carbocycles. The third kappa shape index (κ3) is 3.39. The quantitative estimate of drug-likeness (QED) is 0.919. The molecule has 1 aliphatic heterocycles. The van der Waals surface area contributed by atoms with Gasteiger partial charge < -0.3 is 10.1 Å². The number of thioether (sulfide) groups is 1. The summed E-state index contributed by atoms with van der Waals surface area (Å²) in [5, 5.41) is 4.38. The number of aliphatic imine (C=N–C) groups is 1. The summed E-state index contributed by atoms with van der Waals surface area (Å²) >= 11 is 1.76. The third-order valence-corrected chi connectivity index (χ3v) is 4.34. The van der Waals surface area contributed by atoms with Crippen molar-refractivity contribution >= 4 is 22.6 Å². The van der Waals surface area contributed by atoms with E-state index in [0.717, 1.165) is 35.3 Å². The number of nitrogens with one attached hydrogen (secondary N) is 1. The smallest absolute Gasteiger partial charge is 0.161 e. The molecule has 0 radical (unpaired) electrons. The van der Waals surface area contributed by atoms with Crippen LogP contribution in [0.15, 0.2) is 53.5 Å². The number of anilines is 1. The van der Waals surface area contributed by atoms with E-state index in [1.54, 1.807) is 18.9 Å². The fraction of sp³-hybridized carbons (Fsp3) is 0.235. The first-order chi connectivity index (χ1) is 10.4. The Morgan fingerprint density at radius 1 is 1.10 bits per heavy atom. The molecular weight excluding hydrogens is 280 g/mol. The minimum atomic E-state index is 0.837. The lowest BCUT2D eigenvalue weighted by molar-refractivity contribution is 0.417. The molecule has 0 bridgehead atoms. The van der Waals surface area contributed by atoms with Gasteiger partial charge in [0, 0.05) is 12.3 Å². The van der Waals surface area contributed by atoms with Crippen LogP contribution >= 0.6 is 11.8 Å². The third-order valence-electron chi connectivity index (χ3n) is 3.34. The number of methoxy groups -OCH3 is 1. The van der Waals surface area contributed by atoms with Crippen molar-refractivity contribution in [2.45, 2.75) is 6.42 Å². The summed E-state index contributed by atoms with van der Waals surface area (Å²) in [6, 6.07) is 16.5. The zero-order valence-electron chi connectivity index (χ0n) is 12.0. The molecule has 0 saturated carbocycles. The average Bonchev–Trinajstić information content (AvgIpc) is 2.56. The van der Waals surface area contributed by atoms with E-state index in [0.29, 0.717) is 0 Å². The van der Waals surface area contributed by atoms with Gasteiger partial charge in [-0.25, -0.2) is 0 Å². The lowest BCUT2D eigenvalue weighted by Crippen LogP contribution is -2.14. The van der Waals surface area contributed by atoms with E-state index in [-0.39, 0.29) is 0 Å². The van der Waals surface area contributed by atoms with Crippen LogP contribution in [0.1, 0.15) is 6.42 Å². The summed E-state index contributed by atoms with van der Waals surface area (Å²) in [5.41, 5.74) is 3.33. The SMILES string of the molecule is COc1ccc(-c2ccccc2)cc1NC1=NCCCS1. The van der Waals surface area contributed by atoms with Crippen LogP contribution in [0.3, 0.4) is 0 Å². The molecule has 1 aliphatic rings. The van der Waals surface area contributed by atoms with Crippen molar-refractivity contribution in [3.8, 4) is 16.9 Å². The Kier molecular flexibility index (Phi) is 4.46. The number of ether oxygens (including phenoxy) is 1. The fourth-order valence-corrected chi connectivity index (χ4v) is 3.10. The number of benzene rings is 2. The molecule has 2 aromatic rings. The van der Waals surface area contributed by atoms with Crippen LogP contribution in [0, 0.1) is 0 Å². The first-order valence-corrected chi connectivity index (χ1v) is 8.03. The van der Waals surface area contributed by atoms with E-state index in [1.165, 1.54) is 11.1 Å². The highest BCUT2D eigenvalue weighted by Gasteiger charge is 2.10. The molecule has 21 heavy (non-hydrogen) atoms. The first kappa shape index (κ1) is 14.0. The molecule has 3 rings (SSSR count). The summed E-state index contributed by atoms with van der Waals surface area (Å²) in [4.78, 5) is 4.52. The molecule has 1 N–H and O–H groups in total. The van der Waals surface area contributed by atoms with Crippen molar-refractivity contribution in [2.75, 3.05) is 24.7 Å². The maximum Gasteiger partial charge on any atom is 0.161 e. The number of rotatable bonds is 3. The first-order valence-electron chi connectivity index (χ1n) is 7.04. The fourth-order valence-electron chi connectivity index (χ4n) is 2.27. The van der Waals surface area contributed by atoms with Gasteiger partial charge in [-0.05, 0) is 29.7 Å². The maximum absolute atomic E-state index is 5.45. The Labute approximate surface area is 129 Å². The largest absolute Gasteiger partial charge is 0.495 e. The summed E-state index contributed by atoms with van der Waals surface area (Å²) in [6.07, 6.45) is 1.15. The minimum absolute atomic E-state index is 0.837. The zero-order valence-corrected chi connectivity index (χ0v) is 12.8. The molecule has 0 saturated heterocycles. The molecule has 108 valence electrons. The van der Waals surface area contributed by atoms with Crippen LogP contribution in [-0.2, 0) is 0 Å². The standard InChI is InChI=1S/C17H18N2OS/c1-20-16-9-8-14(13-6-3-2-4-7-13)12-15(16)19-17-18-10-5-11-21-17/h2-4,6-9,12H,5,10-11H2,1H3,(H,18,19). The van der Waals surface area contributed by atoms with Crippen molar-refractivity contribution in [1.29, 1.82) is 0 Å². The van der Waals surface area contributed by atoms with Gasteiger partial charge in [-0.15, -0.1) is 0 Å². The Balaban J connectivity index is 1.92. The minimum Gasteiger partial charge on any atom is -0.495 e. The number of amidine groups is 1. The van der Waals surface area contributed by atoms with Crippen molar-refractivity contribution < 1.29 is 4.74 Å². The Morgan fingerprint density at radius 2 is 1.95 bits per heavy atom. The predicted octanol–water partition coefficient (Wildman–Crippen LogP) is 4.27. The van der Waals surface area contributed by atoms with Crippen LogP contribution in [-0.4, -0.2) is 24.6 Å². The Bertz CT molecular complexity index is 640. The molecule has 0 atom stereocenters. The topological polar surface area (TPSA) is 33.6 Å². The Morgan fingerprint density at radius 3 is 2.67 bits per heavy atom. The Hall–Kier alpha value is -1.94. The van der Waals surface area contributed by atoms with Crippen LogP contribution < -0.4 is 10.1 Å². The van der Waals surface area contributed by atoms with Gasteiger partial charge in [-0.1, -0.05) is 48.2 Å². The molecular formula is C17H18N2OS. The molecule has 2 aromatic carbocycles. The van der Waals surface area contributed by atoms with Gasteiger partial charge in [0.25, 0.3) is 0 Å². The highest BCUT2D eigenvalue weighted by Crippen LogP contribution is 2.31. The van der Waals surface area contributed by atoms with Crippen LogP contribution in [0.4, 0.5) is 5.69 Å². The highest BCUT2D eigenvalue weighted by atomic mass is 32.2. The molecule has 0 fully saturated rings.